The first-order valence-electron chi connectivity index (χ1n) is 6.34. The molecule has 1 aromatic rings. The van der Waals surface area contributed by atoms with E-state index in [0.29, 0.717) is 18.8 Å². The zero-order chi connectivity index (χ0) is 15.6. The maximum absolute atomic E-state index is 12.3. The highest BCUT2D eigenvalue weighted by molar-refractivity contribution is 6.34. The van der Waals surface area contributed by atoms with Crippen LogP contribution in [0.4, 0.5) is 18.9 Å². The van der Waals surface area contributed by atoms with Crippen molar-refractivity contribution in [3.8, 4) is 0 Å². The molecule has 0 aliphatic carbocycles. The maximum Gasteiger partial charge on any atom is 0.401 e. The van der Waals surface area contributed by atoms with Gasteiger partial charge < -0.3 is 10.0 Å². The predicted molar refractivity (Wildman–Crippen MR) is 73.1 cm³/mol. The van der Waals surface area contributed by atoms with Gasteiger partial charge in [-0.05, 0) is 12.1 Å². The molecule has 1 aromatic carbocycles. The molecule has 1 saturated heterocycles. The number of carbonyl (C=O) groups is 1. The van der Waals surface area contributed by atoms with E-state index in [9.17, 15) is 23.1 Å². The van der Waals surface area contributed by atoms with E-state index >= 15 is 0 Å². The number of nitrogens with zero attached hydrogens (tertiary/aromatic N) is 2. The molecule has 0 atom stereocenters. The molecule has 0 amide bonds. The number of aromatic carboxylic acids is 1. The van der Waals surface area contributed by atoms with Gasteiger partial charge in [0.1, 0.15) is 5.56 Å². The van der Waals surface area contributed by atoms with Crippen LogP contribution in [0.1, 0.15) is 10.4 Å². The Bertz CT molecular complexity index is 529. The Balaban J connectivity index is 2.10. The lowest BCUT2D eigenvalue weighted by Gasteiger charge is -2.36. The van der Waals surface area contributed by atoms with Gasteiger partial charge in [0.15, 0.2) is 0 Å². The Morgan fingerprint density at radius 1 is 1.24 bits per heavy atom. The molecule has 1 N–H and O–H groups in total. The number of alkyl halides is 3. The molecule has 0 aromatic heterocycles. The van der Waals surface area contributed by atoms with Crippen LogP contribution < -0.4 is 4.90 Å². The molecule has 8 heteroatoms. The third-order valence-corrected chi connectivity index (χ3v) is 3.64. The first-order valence-corrected chi connectivity index (χ1v) is 6.71. The van der Waals surface area contributed by atoms with Gasteiger partial charge in [-0.15, -0.1) is 0 Å². The van der Waals surface area contributed by atoms with Gasteiger partial charge in [-0.3, -0.25) is 4.90 Å². The fraction of sp³-hybridized carbons (Fsp3) is 0.462. The van der Waals surface area contributed by atoms with Crippen LogP contribution in [0.2, 0.25) is 5.02 Å². The van der Waals surface area contributed by atoms with Gasteiger partial charge in [-0.25, -0.2) is 4.79 Å². The third-order valence-electron chi connectivity index (χ3n) is 3.32. The van der Waals surface area contributed by atoms with E-state index in [1.807, 2.05) is 0 Å². The van der Waals surface area contributed by atoms with Gasteiger partial charge in [-0.1, -0.05) is 17.7 Å². The Morgan fingerprint density at radius 3 is 2.38 bits per heavy atom. The largest absolute Gasteiger partial charge is 0.478 e. The van der Waals surface area contributed by atoms with Crippen LogP contribution in [0.5, 0.6) is 0 Å². The number of hydrogen-bond acceptors (Lipinski definition) is 3. The molecule has 0 unspecified atom stereocenters. The Morgan fingerprint density at radius 2 is 1.86 bits per heavy atom. The zero-order valence-corrected chi connectivity index (χ0v) is 11.8. The molecular formula is C13H14ClF3N2O2. The van der Waals surface area contributed by atoms with Gasteiger partial charge in [0.05, 0.1) is 17.3 Å². The van der Waals surface area contributed by atoms with Crippen LogP contribution in [0.25, 0.3) is 0 Å². The molecule has 2 rings (SSSR count). The van der Waals surface area contributed by atoms with Gasteiger partial charge in [0.2, 0.25) is 0 Å². The smallest absolute Gasteiger partial charge is 0.401 e. The van der Waals surface area contributed by atoms with Crippen molar-refractivity contribution in [3.63, 3.8) is 0 Å². The lowest BCUT2D eigenvalue weighted by Crippen LogP contribution is -2.49. The molecule has 0 radical (unpaired) electrons. The average Bonchev–Trinajstić information content (AvgIpc) is 2.37. The van der Waals surface area contributed by atoms with Crippen LogP contribution in [-0.4, -0.2) is 54.9 Å². The minimum atomic E-state index is -4.22. The molecule has 1 aliphatic rings. The highest BCUT2D eigenvalue weighted by Gasteiger charge is 2.32. The molecule has 1 fully saturated rings. The predicted octanol–water partition coefficient (Wildman–Crippen LogP) is 2.72. The molecule has 1 heterocycles. The number of anilines is 1. The van der Waals surface area contributed by atoms with Crippen LogP contribution in [0, 0.1) is 0 Å². The van der Waals surface area contributed by atoms with Crippen LogP contribution >= 0.6 is 11.6 Å². The highest BCUT2D eigenvalue weighted by Crippen LogP contribution is 2.28. The summed E-state index contributed by atoms with van der Waals surface area (Å²) in [5.74, 6) is -1.15. The van der Waals surface area contributed by atoms with E-state index < -0.39 is 18.7 Å². The van der Waals surface area contributed by atoms with E-state index in [1.165, 1.54) is 11.0 Å². The zero-order valence-electron chi connectivity index (χ0n) is 11.0. The van der Waals surface area contributed by atoms with Crippen molar-refractivity contribution in [2.24, 2.45) is 0 Å². The number of carboxylic acid groups (broad SMARTS) is 1. The van der Waals surface area contributed by atoms with Crippen molar-refractivity contribution in [1.29, 1.82) is 0 Å². The lowest BCUT2D eigenvalue weighted by molar-refractivity contribution is -0.146. The summed E-state index contributed by atoms with van der Waals surface area (Å²) in [6.45, 7) is 0.172. The second kappa shape index (κ2) is 6.11. The van der Waals surface area contributed by atoms with Gasteiger partial charge in [0.25, 0.3) is 0 Å². The summed E-state index contributed by atoms with van der Waals surface area (Å²) in [4.78, 5) is 14.3. The Labute approximate surface area is 124 Å². The summed E-state index contributed by atoms with van der Waals surface area (Å²) in [5.41, 5.74) is 0.435. The first kappa shape index (κ1) is 15.9. The number of halogens is 4. The quantitative estimate of drug-likeness (QED) is 0.929. The molecule has 21 heavy (non-hydrogen) atoms. The second-order valence-corrected chi connectivity index (χ2v) is 5.22. The van der Waals surface area contributed by atoms with Gasteiger partial charge in [0, 0.05) is 26.2 Å². The van der Waals surface area contributed by atoms with E-state index in [0.717, 1.165) is 0 Å². The Kier molecular flexibility index (Phi) is 4.63. The molecule has 116 valence electrons. The van der Waals surface area contributed by atoms with Crippen molar-refractivity contribution in [3.05, 3.63) is 28.8 Å². The molecule has 0 spiro atoms. The number of rotatable bonds is 3. The van der Waals surface area contributed by atoms with Crippen LogP contribution in [-0.2, 0) is 0 Å². The number of benzene rings is 1. The fourth-order valence-corrected chi connectivity index (χ4v) is 2.64. The molecule has 0 bridgehead atoms. The Hall–Kier alpha value is -1.47. The summed E-state index contributed by atoms with van der Waals surface area (Å²) in [7, 11) is 0. The lowest BCUT2D eigenvalue weighted by atomic mass is 10.1. The molecule has 4 nitrogen and oxygen atoms in total. The monoisotopic (exact) mass is 322 g/mol. The molecule has 1 aliphatic heterocycles. The summed E-state index contributed by atoms with van der Waals surface area (Å²) in [6.07, 6.45) is -4.22. The van der Waals surface area contributed by atoms with E-state index in [-0.39, 0.29) is 23.7 Å². The van der Waals surface area contributed by atoms with E-state index in [1.54, 1.807) is 17.0 Å². The second-order valence-electron chi connectivity index (χ2n) is 4.82. The molecular weight excluding hydrogens is 309 g/mol. The van der Waals surface area contributed by atoms with Gasteiger partial charge in [-0.2, -0.15) is 13.2 Å². The SMILES string of the molecule is O=C(O)c1c(Cl)cccc1N1CCN(CC(F)(F)F)CC1. The average molecular weight is 323 g/mol. The normalized spacial score (nSPS) is 17.0. The van der Waals surface area contributed by atoms with E-state index in [4.69, 9.17) is 11.6 Å². The number of piperazine rings is 1. The third kappa shape index (κ3) is 4.01. The van der Waals surface area contributed by atoms with E-state index in [2.05, 4.69) is 0 Å². The number of hydrogen-bond donors (Lipinski definition) is 1. The first-order chi connectivity index (χ1) is 9.78. The standard InChI is InChI=1S/C13H14ClF3N2O2/c14-9-2-1-3-10(11(9)12(20)21)19-6-4-18(5-7-19)8-13(15,16)17/h1-3H,4-8H2,(H,20,21). The summed E-state index contributed by atoms with van der Waals surface area (Å²) < 4.78 is 37.0. The fourth-order valence-electron chi connectivity index (χ4n) is 2.39. The molecule has 0 saturated carbocycles. The van der Waals surface area contributed by atoms with Crippen molar-refractivity contribution < 1.29 is 23.1 Å². The minimum Gasteiger partial charge on any atom is -0.478 e. The summed E-state index contributed by atoms with van der Waals surface area (Å²) in [6, 6.07) is 4.73. The highest BCUT2D eigenvalue weighted by atomic mass is 35.5. The van der Waals surface area contributed by atoms with Crippen molar-refractivity contribution in [1.82, 2.24) is 4.90 Å². The van der Waals surface area contributed by atoms with Crippen molar-refractivity contribution in [2.75, 3.05) is 37.6 Å². The summed E-state index contributed by atoms with van der Waals surface area (Å²) >= 11 is 5.89. The maximum atomic E-state index is 12.3. The minimum absolute atomic E-state index is 0.0107. The van der Waals surface area contributed by atoms with Crippen molar-refractivity contribution in [2.45, 2.75) is 6.18 Å². The number of carboxylic acids is 1. The van der Waals surface area contributed by atoms with Crippen LogP contribution in [0.15, 0.2) is 18.2 Å². The van der Waals surface area contributed by atoms with Crippen molar-refractivity contribution >= 4 is 23.3 Å². The van der Waals surface area contributed by atoms with Crippen LogP contribution in [0.3, 0.4) is 0 Å². The topological polar surface area (TPSA) is 43.8 Å². The van der Waals surface area contributed by atoms with Gasteiger partial charge >= 0.3 is 12.1 Å². The summed E-state index contributed by atoms with van der Waals surface area (Å²) in [5, 5.41) is 9.33.